The summed E-state index contributed by atoms with van der Waals surface area (Å²) < 4.78 is 13.9. The van der Waals surface area contributed by atoms with Gasteiger partial charge < -0.3 is 5.32 Å². The fraction of sp³-hybridized carbons (Fsp3) is 0. The van der Waals surface area contributed by atoms with E-state index in [4.69, 9.17) is 0 Å². The van der Waals surface area contributed by atoms with Crippen molar-refractivity contribution in [3.63, 3.8) is 0 Å². The van der Waals surface area contributed by atoms with Crippen LogP contribution < -0.4 is 5.32 Å². The van der Waals surface area contributed by atoms with Crippen molar-refractivity contribution in [1.29, 1.82) is 0 Å². The Bertz CT molecular complexity index is 646. The highest BCUT2D eigenvalue weighted by Gasteiger charge is 2.03. The van der Waals surface area contributed by atoms with Gasteiger partial charge >= 0.3 is 0 Å². The summed E-state index contributed by atoms with van der Waals surface area (Å²) in [6.45, 7) is 0. The molecule has 0 amide bonds. The van der Waals surface area contributed by atoms with Crippen molar-refractivity contribution < 1.29 is 4.39 Å². The van der Waals surface area contributed by atoms with Crippen molar-refractivity contribution in [3.8, 4) is 0 Å². The molecule has 0 fully saturated rings. The van der Waals surface area contributed by atoms with Gasteiger partial charge in [0.25, 0.3) is 0 Å². The number of aromatic nitrogens is 1. The normalized spacial score (nSPS) is 10.6. The lowest BCUT2D eigenvalue weighted by molar-refractivity contribution is 0.628. The largest absolute Gasteiger partial charge is 0.354 e. The number of hydrogen-bond donors (Lipinski definition) is 1. The standard InChI is InChI=1S/C13H9FN2S/c14-9-1-3-10(4-2-9)16-12-5-7-15-11-6-8-17-13(11)12/h1-8H,(H,15,16). The number of nitrogens with one attached hydrogen (secondary N) is 1. The average molecular weight is 244 g/mol. The maximum atomic E-state index is 12.8. The molecule has 84 valence electrons. The molecular weight excluding hydrogens is 235 g/mol. The number of hydrogen-bond acceptors (Lipinski definition) is 3. The van der Waals surface area contributed by atoms with Crippen LogP contribution in [0.2, 0.25) is 0 Å². The van der Waals surface area contributed by atoms with E-state index in [0.29, 0.717) is 0 Å². The van der Waals surface area contributed by atoms with E-state index < -0.39 is 0 Å². The molecule has 1 aromatic carbocycles. The first-order chi connectivity index (χ1) is 8.33. The van der Waals surface area contributed by atoms with Crippen molar-refractivity contribution in [2.75, 3.05) is 5.32 Å². The highest BCUT2D eigenvalue weighted by molar-refractivity contribution is 7.17. The number of thiophene rings is 1. The molecule has 17 heavy (non-hydrogen) atoms. The Kier molecular flexibility index (Phi) is 2.49. The van der Waals surface area contributed by atoms with Gasteiger partial charge in [-0.1, -0.05) is 0 Å². The highest BCUT2D eigenvalue weighted by atomic mass is 32.1. The predicted molar refractivity (Wildman–Crippen MR) is 69.3 cm³/mol. The predicted octanol–water partition coefficient (Wildman–Crippen LogP) is 4.18. The summed E-state index contributed by atoms with van der Waals surface area (Å²) in [5.41, 5.74) is 2.84. The summed E-state index contributed by atoms with van der Waals surface area (Å²) in [5, 5.41) is 5.27. The van der Waals surface area contributed by atoms with Crippen molar-refractivity contribution >= 4 is 32.9 Å². The number of benzene rings is 1. The minimum absolute atomic E-state index is 0.230. The van der Waals surface area contributed by atoms with Gasteiger partial charge in [0.1, 0.15) is 5.82 Å². The number of anilines is 2. The topological polar surface area (TPSA) is 24.9 Å². The van der Waals surface area contributed by atoms with E-state index in [1.807, 2.05) is 17.5 Å². The van der Waals surface area contributed by atoms with Crippen molar-refractivity contribution in [1.82, 2.24) is 4.98 Å². The van der Waals surface area contributed by atoms with E-state index in [0.717, 1.165) is 21.6 Å². The van der Waals surface area contributed by atoms with Crippen LogP contribution in [0.3, 0.4) is 0 Å². The van der Waals surface area contributed by atoms with E-state index in [-0.39, 0.29) is 5.82 Å². The fourth-order valence-corrected chi connectivity index (χ4v) is 2.48. The monoisotopic (exact) mass is 244 g/mol. The van der Waals surface area contributed by atoms with Crippen LogP contribution in [0.5, 0.6) is 0 Å². The first-order valence-corrected chi connectivity index (χ1v) is 6.06. The van der Waals surface area contributed by atoms with Crippen molar-refractivity contribution in [2.24, 2.45) is 0 Å². The van der Waals surface area contributed by atoms with Crippen LogP contribution in [0, 0.1) is 5.82 Å². The smallest absolute Gasteiger partial charge is 0.123 e. The van der Waals surface area contributed by atoms with Gasteiger partial charge in [-0.25, -0.2) is 4.39 Å². The van der Waals surface area contributed by atoms with E-state index in [9.17, 15) is 4.39 Å². The van der Waals surface area contributed by atoms with Gasteiger partial charge in [-0.15, -0.1) is 11.3 Å². The maximum absolute atomic E-state index is 12.8. The second-order valence-corrected chi connectivity index (χ2v) is 4.54. The fourth-order valence-electron chi connectivity index (χ4n) is 1.66. The van der Waals surface area contributed by atoms with E-state index in [1.54, 1.807) is 29.7 Å². The van der Waals surface area contributed by atoms with Crippen molar-refractivity contribution in [2.45, 2.75) is 0 Å². The quantitative estimate of drug-likeness (QED) is 0.731. The second kappa shape index (κ2) is 4.14. The molecule has 0 spiro atoms. The number of halogens is 1. The summed E-state index contributed by atoms with van der Waals surface area (Å²) >= 11 is 1.64. The molecule has 0 bridgehead atoms. The molecule has 0 aliphatic carbocycles. The molecule has 3 rings (SSSR count). The molecule has 2 heterocycles. The summed E-state index contributed by atoms with van der Waals surface area (Å²) in [4.78, 5) is 4.27. The third-order valence-corrected chi connectivity index (χ3v) is 3.40. The minimum atomic E-state index is -0.230. The van der Waals surface area contributed by atoms with Gasteiger partial charge in [0, 0.05) is 11.9 Å². The Hall–Kier alpha value is -1.94. The zero-order chi connectivity index (χ0) is 11.7. The average Bonchev–Trinajstić information content (AvgIpc) is 2.81. The molecule has 2 nitrogen and oxygen atoms in total. The molecule has 0 saturated heterocycles. The van der Waals surface area contributed by atoms with E-state index in [1.165, 1.54) is 12.1 Å². The lowest BCUT2D eigenvalue weighted by Gasteiger charge is -2.06. The van der Waals surface area contributed by atoms with Gasteiger partial charge in [0.2, 0.25) is 0 Å². The Morgan fingerprint density at radius 2 is 1.88 bits per heavy atom. The van der Waals surface area contributed by atoms with Gasteiger partial charge in [0.05, 0.1) is 15.9 Å². The Balaban J connectivity index is 1.99. The number of pyridine rings is 1. The first kappa shape index (κ1) is 10.2. The molecule has 3 aromatic rings. The third kappa shape index (κ3) is 1.99. The van der Waals surface area contributed by atoms with Crippen molar-refractivity contribution in [3.05, 3.63) is 53.8 Å². The highest BCUT2D eigenvalue weighted by Crippen LogP contribution is 2.29. The molecule has 0 saturated carbocycles. The molecular formula is C13H9FN2S. The maximum Gasteiger partial charge on any atom is 0.123 e. The lowest BCUT2D eigenvalue weighted by Crippen LogP contribution is -1.90. The zero-order valence-electron chi connectivity index (χ0n) is 8.85. The molecule has 0 atom stereocenters. The SMILES string of the molecule is Fc1ccc(Nc2ccnc3ccsc23)cc1. The zero-order valence-corrected chi connectivity index (χ0v) is 9.67. The van der Waals surface area contributed by atoms with E-state index >= 15 is 0 Å². The van der Waals surface area contributed by atoms with Crippen LogP contribution in [0.4, 0.5) is 15.8 Å². The molecule has 1 N–H and O–H groups in total. The third-order valence-electron chi connectivity index (χ3n) is 2.47. The van der Waals surface area contributed by atoms with Crippen LogP contribution in [-0.4, -0.2) is 4.98 Å². The number of fused-ring (bicyclic) bond motifs is 1. The molecule has 4 heteroatoms. The van der Waals surface area contributed by atoms with Crippen LogP contribution in [0.25, 0.3) is 10.2 Å². The van der Waals surface area contributed by atoms with Crippen LogP contribution >= 0.6 is 11.3 Å². The summed E-state index contributed by atoms with van der Waals surface area (Å²) in [5.74, 6) is -0.230. The molecule has 0 aliphatic heterocycles. The summed E-state index contributed by atoms with van der Waals surface area (Å²) in [6, 6.07) is 10.2. The van der Waals surface area contributed by atoms with Gasteiger partial charge in [-0.3, -0.25) is 4.98 Å². The minimum Gasteiger partial charge on any atom is -0.354 e. The van der Waals surface area contributed by atoms with Crippen LogP contribution in [-0.2, 0) is 0 Å². The van der Waals surface area contributed by atoms with Crippen LogP contribution in [0.1, 0.15) is 0 Å². The Morgan fingerprint density at radius 3 is 2.71 bits per heavy atom. The lowest BCUT2D eigenvalue weighted by atomic mass is 10.3. The van der Waals surface area contributed by atoms with Crippen LogP contribution in [0.15, 0.2) is 48.0 Å². The second-order valence-electron chi connectivity index (χ2n) is 3.63. The Morgan fingerprint density at radius 1 is 1.06 bits per heavy atom. The summed E-state index contributed by atoms with van der Waals surface area (Å²) in [6.07, 6.45) is 1.76. The van der Waals surface area contributed by atoms with E-state index in [2.05, 4.69) is 10.3 Å². The van der Waals surface area contributed by atoms with Gasteiger partial charge in [-0.2, -0.15) is 0 Å². The number of rotatable bonds is 2. The number of nitrogens with zero attached hydrogens (tertiary/aromatic N) is 1. The first-order valence-electron chi connectivity index (χ1n) is 5.18. The molecule has 0 unspecified atom stereocenters. The summed E-state index contributed by atoms with van der Waals surface area (Å²) in [7, 11) is 0. The molecule has 0 aliphatic rings. The van der Waals surface area contributed by atoms with Gasteiger partial charge in [0.15, 0.2) is 0 Å². The molecule has 2 aromatic heterocycles. The Labute approximate surface area is 102 Å². The molecule has 0 radical (unpaired) electrons. The van der Waals surface area contributed by atoms with Gasteiger partial charge in [-0.05, 0) is 41.8 Å².